The van der Waals surface area contributed by atoms with Gasteiger partial charge in [-0.1, -0.05) is 32.0 Å². The maximum absolute atomic E-state index is 12.2. The second-order valence-electron chi connectivity index (χ2n) is 5.42. The smallest absolute Gasteiger partial charge is 0.241 e. The molecule has 0 spiro atoms. The maximum atomic E-state index is 12.2. The fourth-order valence-electron chi connectivity index (χ4n) is 2.51. The molecule has 1 fully saturated rings. The summed E-state index contributed by atoms with van der Waals surface area (Å²) in [7, 11) is 1.66. The van der Waals surface area contributed by atoms with E-state index in [1.807, 2.05) is 36.1 Å². The van der Waals surface area contributed by atoms with Gasteiger partial charge >= 0.3 is 0 Å². The van der Waals surface area contributed by atoms with Crippen LogP contribution in [0.25, 0.3) is 0 Å². The molecular formula is C15H22N2O2. The van der Waals surface area contributed by atoms with Gasteiger partial charge in [0.25, 0.3) is 0 Å². The number of ether oxygens (including phenoxy) is 1. The molecule has 4 heteroatoms. The van der Waals surface area contributed by atoms with E-state index < -0.39 is 0 Å². The maximum Gasteiger partial charge on any atom is 0.241 e. The first-order valence-corrected chi connectivity index (χ1v) is 6.74. The molecule has 2 rings (SSSR count). The van der Waals surface area contributed by atoms with Crippen LogP contribution >= 0.6 is 0 Å². The van der Waals surface area contributed by atoms with Crippen LogP contribution in [-0.4, -0.2) is 30.5 Å². The Morgan fingerprint density at radius 1 is 1.37 bits per heavy atom. The van der Waals surface area contributed by atoms with Crippen molar-refractivity contribution in [1.29, 1.82) is 0 Å². The van der Waals surface area contributed by atoms with Gasteiger partial charge in [0, 0.05) is 12.1 Å². The minimum Gasteiger partial charge on any atom is -0.496 e. The van der Waals surface area contributed by atoms with Crippen LogP contribution < -0.4 is 10.1 Å². The van der Waals surface area contributed by atoms with Gasteiger partial charge in [-0.2, -0.15) is 0 Å². The second kappa shape index (κ2) is 5.61. The summed E-state index contributed by atoms with van der Waals surface area (Å²) in [5, 5.41) is 3.35. The zero-order valence-corrected chi connectivity index (χ0v) is 12.0. The van der Waals surface area contributed by atoms with Crippen molar-refractivity contribution in [1.82, 2.24) is 10.2 Å². The van der Waals surface area contributed by atoms with Gasteiger partial charge in [0.15, 0.2) is 0 Å². The molecule has 1 amide bonds. The lowest BCUT2D eigenvalue weighted by Crippen LogP contribution is -2.34. The molecule has 104 valence electrons. The van der Waals surface area contributed by atoms with Crippen molar-refractivity contribution in [3.05, 3.63) is 29.8 Å². The normalized spacial score (nSPS) is 23.2. The summed E-state index contributed by atoms with van der Waals surface area (Å²) >= 11 is 0. The second-order valence-corrected chi connectivity index (χ2v) is 5.42. The number of para-hydroxylation sites is 1. The summed E-state index contributed by atoms with van der Waals surface area (Å²) in [4.78, 5) is 14.2. The van der Waals surface area contributed by atoms with Gasteiger partial charge in [-0.15, -0.1) is 0 Å². The van der Waals surface area contributed by atoms with Crippen LogP contribution in [0.4, 0.5) is 0 Å². The van der Waals surface area contributed by atoms with Crippen LogP contribution in [0.2, 0.25) is 0 Å². The van der Waals surface area contributed by atoms with Gasteiger partial charge in [-0.25, -0.2) is 0 Å². The molecule has 19 heavy (non-hydrogen) atoms. The number of carbonyl (C=O) groups is 1. The number of benzene rings is 1. The van der Waals surface area contributed by atoms with E-state index in [0.29, 0.717) is 5.92 Å². The largest absolute Gasteiger partial charge is 0.496 e. The first-order chi connectivity index (χ1) is 9.04. The number of nitrogens with zero attached hydrogens (tertiary/aromatic N) is 1. The van der Waals surface area contributed by atoms with Crippen molar-refractivity contribution >= 4 is 5.91 Å². The van der Waals surface area contributed by atoms with Crippen LogP contribution in [0.1, 0.15) is 32.5 Å². The van der Waals surface area contributed by atoms with E-state index in [0.717, 1.165) is 17.9 Å². The summed E-state index contributed by atoms with van der Waals surface area (Å²) < 4.78 is 5.40. The molecule has 0 aliphatic carbocycles. The van der Waals surface area contributed by atoms with Crippen molar-refractivity contribution in [2.45, 2.75) is 33.0 Å². The first kappa shape index (κ1) is 13.9. The third-order valence-corrected chi connectivity index (χ3v) is 3.37. The highest BCUT2D eigenvalue weighted by molar-refractivity contribution is 5.84. The van der Waals surface area contributed by atoms with Gasteiger partial charge in [0.2, 0.25) is 5.91 Å². The fraction of sp³-hybridized carbons (Fsp3) is 0.533. The number of amides is 1. The van der Waals surface area contributed by atoms with Gasteiger partial charge < -0.3 is 9.64 Å². The molecule has 0 aromatic heterocycles. The van der Waals surface area contributed by atoms with E-state index in [9.17, 15) is 4.79 Å². The van der Waals surface area contributed by atoms with E-state index in [1.165, 1.54) is 0 Å². The SMILES string of the molecule is COc1ccccc1C1NC(C)C(=O)N1CC(C)C. The van der Waals surface area contributed by atoms with E-state index in [1.54, 1.807) is 7.11 Å². The third-order valence-electron chi connectivity index (χ3n) is 3.37. The molecule has 1 aliphatic rings. The summed E-state index contributed by atoms with van der Waals surface area (Å²) in [5.74, 6) is 1.41. The molecule has 2 unspecified atom stereocenters. The molecule has 1 heterocycles. The first-order valence-electron chi connectivity index (χ1n) is 6.74. The highest BCUT2D eigenvalue weighted by atomic mass is 16.5. The van der Waals surface area contributed by atoms with E-state index in [2.05, 4.69) is 19.2 Å². The Bertz CT molecular complexity index is 459. The highest BCUT2D eigenvalue weighted by Crippen LogP contribution is 2.32. The minimum atomic E-state index is -0.145. The zero-order valence-electron chi connectivity index (χ0n) is 12.0. The predicted molar refractivity (Wildman–Crippen MR) is 74.9 cm³/mol. The Hall–Kier alpha value is -1.55. The Balaban J connectivity index is 2.33. The molecular weight excluding hydrogens is 240 g/mol. The van der Waals surface area contributed by atoms with Crippen molar-refractivity contribution in [2.75, 3.05) is 13.7 Å². The summed E-state index contributed by atoms with van der Waals surface area (Å²) in [6.45, 7) is 6.90. The van der Waals surface area contributed by atoms with Gasteiger partial charge in [-0.3, -0.25) is 10.1 Å². The van der Waals surface area contributed by atoms with Crippen molar-refractivity contribution < 1.29 is 9.53 Å². The van der Waals surface area contributed by atoms with Crippen molar-refractivity contribution in [3.8, 4) is 5.75 Å². The molecule has 1 N–H and O–H groups in total. The number of hydrogen-bond donors (Lipinski definition) is 1. The van der Waals surface area contributed by atoms with Gasteiger partial charge in [0.05, 0.1) is 13.2 Å². The molecule has 1 aromatic rings. The standard InChI is InChI=1S/C15H22N2O2/c1-10(2)9-17-14(16-11(3)15(17)18)12-7-5-6-8-13(12)19-4/h5-8,10-11,14,16H,9H2,1-4H3. The molecule has 0 bridgehead atoms. The predicted octanol–water partition coefficient (Wildman–Crippen LogP) is 2.17. The third kappa shape index (κ3) is 2.73. The highest BCUT2D eigenvalue weighted by Gasteiger charge is 2.38. The number of nitrogens with one attached hydrogen (secondary N) is 1. The molecule has 0 radical (unpaired) electrons. The van der Waals surface area contributed by atoms with Crippen LogP contribution in [0.15, 0.2) is 24.3 Å². The molecule has 1 aliphatic heterocycles. The van der Waals surface area contributed by atoms with E-state index in [-0.39, 0.29) is 18.1 Å². The lowest BCUT2D eigenvalue weighted by atomic mass is 10.1. The monoisotopic (exact) mass is 262 g/mol. The molecule has 2 atom stereocenters. The average molecular weight is 262 g/mol. The Morgan fingerprint density at radius 2 is 2.05 bits per heavy atom. The zero-order chi connectivity index (χ0) is 14.0. The Labute approximate surface area is 114 Å². The Kier molecular flexibility index (Phi) is 4.10. The summed E-state index contributed by atoms with van der Waals surface area (Å²) in [6, 6.07) is 7.71. The van der Waals surface area contributed by atoms with Gasteiger partial charge in [0.1, 0.15) is 11.9 Å². The van der Waals surface area contributed by atoms with Crippen molar-refractivity contribution in [2.24, 2.45) is 5.92 Å². The number of carbonyl (C=O) groups excluding carboxylic acids is 1. The number of methoxy groups -OCH3 is 1. The molecule has 1 aromatic carbocycles. The lowest BCUT2D eigenvalue weighted by molar-refractivity contribution is -0.130. The topological polar surface area (TPSA) is 41.6 Å². The molecule has 0 saturated carbocycles. The molecule has 4 nitrogen and oxygen atoms in total. The van der Waals surface area contributed by atoms with E-state index in [4.69, 9.17) is 4.74 Å². The van der Waals surface area contributed by atoms with E-state index >= 15 is 0 Å². The van der Waals surface area contributed by atoms with Crippen LogP contribution in [0.3, 0.4) is 0 Å². The minimum absolute atomic E-state index is 0.0963. The van der Waals surface area contributed by atoms with Gasteiger partial charge in [-0.05, 0) is 18.9 Å². The lowest BCUT2D eigenvalue weighted by Gasteiger charge is -2.27. The van der Waals surface area contributed by atoms with Crippen LogP contribution in [-0.2, 0) is 4.79 Å². The molecule has 1 saturated heterocycles. The quantitative estimate of drug-likeness (QED) is 0.904. The van der Waals surface area contributed by atoms with Crippen LogP contribution in [0.5, 0.6) is 5.75 Å². The summed E-state index contributed by atoms with van der Waals surface area (Å²) in [6.07, 6.45) is -0.0963. The summed E-state index contributed by atoms with van der Waals surface area (Å²) in [5.41, 5.74) is 1.02. The Morgan fingerprint density at radius 3 is 2.68 bits per heavy atom. The van der Waals surface area contributed by atoms with Crippen LogP contribution in [0, 0.1) is 5.92 Å². The van der Waals surface area contributed by atoms with Crippen molar-refractivity contribution in [3.63, 3.8) is 0 Å². The average Bonchev–Trinajstić information content (AvgIpc) is 2.66. The fourth-order valence-corrected chi connectivity index (χ4v) is 2.51. The number of rotatable bonds is 4. The number of hydrogen-bond acceptors (Lipinski definition) is 3.